The summed E-state index contributed by atoms with van der Waals surface area (Å²) in [6, 6.07) is 14.2. The van der Waals surface area contributed by atoms with E-state index in [9.17, 15) is 0 Å². The summed E-state index contributed by atoms with van der Waals surface area (Å²) in [5, 5.41) is 2.39. The third kappa shape index (κ3) is 1.64. The average Bonchev–Trinajstić information content (AvgIpc) is 2.06. The van der Waals surface area contributed by atoms with Crippen molar-refractivity contribution < 1.29 is 18.9 Å². The molecule has 2 rings (SSSR count). The first-order valence-electron chi connectivity index (χ1n) is 3.53. The van der Waals surface area contributed by atoms with Crippen LogP contribution in [0.5, 0.6) is 0 Å². The molecular weight excluding hydrogens is 159 g/mol. The molecule has 2 heteroatoms. The van der Waals surface area contributed by atoms with Crippen molar-refractivity contribution in [3.8, 4) is 0 Å². The van der Waals surface area contributed by atoms with Gasteiger partial charge in [-0.05, 0) is 10.8 Å². The van der Waals surface area contributed by atoms with Crippen LogP contribution < -0.4 is 18.9 Å². The Kier molecular flexibility index (Phi) is 3.17. The Morgan fingerprint density at radius 2 is 1.50 bits per heavy atom. The van der Waals surface area contributed by atoms with Crippen LogP contribution >= 0.6 is 0 Å². The molecule has 54 valence electrons. The summed E-state index contributed by atoms with van der Waals surface area (Å²) in [6.07, 6.45) is 0. The van der Waals surface area contributed by atoms with E-state index in [0.29, 0.717) is 0 Å². The first-order valence-corrected chi connectivity index (χ1v) is 3.93. The van der Waals surface area contributed by atoms with Crippen LogP contribution in [0.15, 0.2) is 47.4 Å². The first kappa shape index (κ1) is 9.60. The fraction of sp³-hybridized carbons (Fsp3) is 0. The van der Waals surface area contributed by atoms with Gasteiger partial charge in [-0.25, -0.2) is 0 Å². The summed E-state index contributed by atoms with van der Waals surface area (Å²) >= 11 is 5.15. The van der Waals surface area contributed by atoms with Crippen molar-refractivity contribution in [1.82, 2.24) is 0 Å². The molecule has 0 nitrogen and oxygen atoms in total. The molecule has 0 fully saturated rings. The molecule has 0 aliphatic rings. The Morgan fingerprint density at radius 1 is 0.833 bits per heavy atom. The Bertz CT molecular complexity index is 379. The van der Waals surface area contributed by atoms with Crippen LogP contribution in [0.3, 0.4) is 0 Å². The van der Waals surface area contributed by atoms with E-state index in [1.54, 1.807) is 0 Å². The molecule has 0 unspecified atom stereocenters. The van der Waals surface area contributed by atoms with Crippen molar-refractivity contribution in [3.05, 3.63) is 42.5 Å². The number of hydrogen-bond acceptors (Lipinski definition) is 1. The van der Waals surface area contributed by atoms with Crippen LogP contribution in [0.4, 0.5) is 0 Å². The van der Waals surface area contributed by atoms with E-state index in [-0.39, 0.29) is 18.9 Å². The topological polar surface area (TPSA) is 0 Å². The maximum absolute atomic E-state index is 5.15. The van der Waals surface area contributed by atoms with Crippen molar-refractivity contribution in [2.45, 2.75) is 4.90 Å². The second kappa shape index (κ2) is 3.96. The van der Waals surface area contributed by atoms with Gasteiger partial charge in [0.15, 0.2) is 0 Å². The molecule has 12 heavy (non-hydrogen) atoms. The predicted molar refractivity (Wildman–Crippen MR) is 49.6 cm³/mol. The van der Waals surface area contributed by atoms with Crippen LogP contribution in [0.2, 0.25) is 0 Å². The SMILES string of the molecule is [Li+].[S-]c1cccc2ccccc12. The van der Waals surface area contributed by atoms with Gasteiger partial charge in [-0.1, -0.05) is 42.5 Å². The van der Waals surface area contributed by atoms with E-state index >= 15 is 0 Å². The Hall–Kier alpha value is -0.483. The van der Waals surface area contributed by atoms with E-state index in [1.165, 1.54) is 10.8 Å². The third-order valence-corrected chi connectivity index (χ3v) is 2.11. The molecule has 0 heterocycles. The first-order chi connectivity index (χ1) is 5.38. The Balaban J connectivity index is 0.000000720. The zero-order valence-electron chi connectivity index (χ0n) is 6.95. The van der Waals surface area contributed by atoms with Gasteiger partial charge >= 0.3 is 18.9 Å². The van der Waals surface area contributed by atoms with Crippen LogP contribution in [-0.2, 0) is 12.6 Å². The molecule has 0 radical (unpaired) electrons. The van der Waals surface area contributed by atoms with Crippen LogP contribution in [0.1, 0.15) is 0 Å². The second-order valence-corrected chi connectivity index (χ2v) is 2.92. The third-order valence-electron chi connectivity index (χ3n) is 1.75. The summed E-state index contributed by atoms with van der Waals surface area (Å²) in [6.45, 7) is 0. The van der Waals surface area contributed by atoms with Gasteiger partial charge in [0.2, 0.25) is 0 Å². The van der Waals surface area contributed by atoms with Crippen molar-refractivity contribution in [2.24, 2.45) is 0 Å². The average molecular weight is 166 g/mol. The Labute approximate surface area is 89.6 Å². The zero-order chi connectivity index (χ0) is 7.68. The molecule has 0 spiro atoms. The van der Waals surface area contributed by atoms with Crippen molar-refractivity contribution in [2.75, 3.05) is 0 Å². The summed E-state index contributed by atoms with van der Waals surface area (Å²) in [5.41, 5.74) is 0. The molecule has 0 amide bonds. The summed E-state index contributed by atoms with van der Waals surface area (Å²) in [4.78, 5) is 0.933. The van der Waals surface area contributed by atoms with Gasteiger partial charge < -0.3 is 12.6 Å². The van der Waals surface area contributed by atoms with Crippen molar-refractivity contribution >= 4 is 23.4 Å². The van der Waals surface area contributed by atoms with Gasteiger partial charge in [-0.2, -0.15) is 4.90 Å². The van der Waals surface area contributed by atoms with Crippen molar-refractivity contribution in [1.29, 1.82) is 0 Å². The minimum atomic E-state index is 0. The molecule has 2 aromatic rings. The molecule has 0 N–H and O–H groups in total. The zero-order valence-corrected chi connectivity index (χ0v) is 7.77. The maximum atomic E-state index is 5.15. The fourth-order valence-electron chi connectivity index (χ4n) is 1.20. The maximum Gasteiger partial charge on any atom is 1.00 e. The van der Waals surface area contributed by atoms with Crippen LogP contribution in [0, 0.1) is 0 Å². The van der Waals surface area contributed by atoms with Gasteiger partial charge in [0.05, 0.1) is 0 Å². The smallest absolute Gasteiger partial charge is 0.779 e. The number of rotatable bonds is 0. The number of benzene rings is 2. The molecule has 0 aliphatic carbocycles. The molecule has 0 aliphatic heterocycles. The largest absolute Gasteiger partial charge is 1.00 e. The molecule has 2 aromatic carbocycles. The van der Waals surface area contributed by atoms with Gasteiger partial charge in [0.1, 0.15) is 0 Å². The van der Waals surface area contributed by atoms with Gasteiger partial charge in [-0.15, -0.1) is 0 Å². The number of hydrogen-bond donors (Lipinski definition) is 0. The number of fused-ring (bicyclic) bond motifs is 1. The standard InChI is InChI=1S/C10H8S.Li/c11-10-7-3-5-8-4-1-2-6-9(8)10;/h1-7,11H;/q;+1/p-1. The van der Waals surface area contributed by atoms with E-state index in [4.69, 9.17) is 12.6 Å². The van der Waals surface area contributed by atoms with Crippen molar-refractivity contribution in [3.63, 3.8) is 0 Å². The predicted octanol–water partition coefficient (Wildman–Crippen LogP) is -0.250. The van der Waals surface area contributed by atoms with Gasteiger partial charge in [0.25, 0.3) is 0 Å². The molecule has 0 saturated carbocycles. The summed E-state index contributed by atoms with van der Waals surface area (Å²) in [5.74, 6) is 0. The minimum Gasteiger partial charge on any atom is -0.779 e. The fourth-order valence-corrected chi connectivity index (χ4v) is 1.46. The molecule has 0 atom stereocenters. The Morgan fingerprint density at radius 3 is 2.25 bits per heavy atom. The molecular formula is C10H7LiS. The van der Waals surface area contributed by atoms with Gasteiger partial charge in [-0.3, -0.25) is 0 Å². The van der Waals surface area contributed by atoms with E-state index in [2.05, 4.69) is 18.2 Å². The monoisotopic (exact) mass is 166 g/mol. The molecule has 0 aromatic heterocycles. The second-order valence-electron chi connectivity index (χ2n) is 2.48. The molecule has 0 bridgehead atoms. The summed E-state index contributed by atoms with van der Waals surface area (Å²) < 4.78 is 0. The quantitative estimate of drug-likeness (QED) is 0.384. The molecule has 0 saturated heterocycles. The van der Waals surface area contributed by atoms with Crippen LogP contribution in [-0.4, -0.2) is 0 Å². The van der Waals surface area contributed by atoms with Crippen LogP contribution in [0.25, 0.3) is 10.8 Å². The normalized spacial score (nSPS) is 9.33. The summed E-state index contributed by atoms with van der Waals surface area (Å²) in [7, 11) is 0. The van der Waals surface area contributed by atoms with E-state index < -0.39 is 0 Å². The van der Waals surface area contributed by atoms with Gasteiger partial charge in [0, 0.05) is 0 Å². The van der Waals surface area contributed by atoms with E-state index in [1.807, 2.05) is 24.3 Å². The minimum absolute atomic E-state index is 0. The van der Waals surface area contributed by atoms with E-state index in [0.717, 1.165) is 4.90 Å².